The van der Waals surface area contributed by atoms with E-state index < -0.39 is 0 Å². The molecule has 0 aliphatic carbocycles. The number of hydrogen-bond acceptors (Lipinski definition) is 1. The molecule has 0 spiro atoms. The van der Waals surface area contributed by atoms with Crippen LogP contribution in [-0.2, 0) is 6.54 Å². The molecule has 2 nitrogen and oxygen atoms in total. The number of aromatic nitrogens is 2. The van der Waals surface area contributed by atoms with E-state index in [0.29, 0.717) is 5.92 Å². The highest BCUT2D eigenvalue weighted by atomic mass is 79.9. The van der Waals surface area contributed by atoms with Gasteiger partial charge in [0.2, 0.25) is 0 Å². The smallest absolute Gasteiger partial charge is 0.0844 e. The fourth-order valence-electron chi connectivity index (χ4n) is 1.20. The lowest BCUT2D eigenvalue weighted by Crippen LogP contribution is -2.11. The highest BCUT2D eigenvalue weighted by Gasteiger charge is 2.10. The largest absolute Gasteiger partial charge is 0.268 e. The van der Waals surface area contributed by atoms with Crippen molar-refractivity contribution in [2.24, 2.45) is 5.92 Å². The molecular weight excluding hydrogens is 251 g/mol. The first-order valence-electron chi connectivity index (χ1n) is 4.31. The van der Waals surface area contributed by atoms with Gasteiger partial charge in [-0.15, -0.1) is 0 Å². The number of alkyl halides is 1. The number of halogens is 2. The zero-order valence-electron chi connectivity index (χ0n) is 8.14. The molecule has 74 valence electrons. The molecule has 0 saturated carbocycles. The molecule has 1 aromatic heterocycles. The summed E-state index contributed by atoms with van der Waals surface area (Å²) >= 11 is 9.48. The summed E-state index contributed by atoms with van der Waals surface area (Å²) in [6.07, 6.45) is 0. The van der Waals surface area contributed by atoms with Crippen molar-refractivity contribution in [2.45, 2.75) is 27.3 Å². The summed E-state index contributed by atoms with van der Waals surface area (Å²) in [7, 11) is 0. The minimum absolute atomic E-state index is 0.578. The van der Waals surface area contributed by atoms with E-state index in [0.717, 1.165) is 28.3 Å². The Hall–Kier alpha value is -0.0200. The van der Waals surface area contributed by atoms with Crippen molar-refractivity contribution in [1.82, 2.24) is 9.78 Å². The summed E-state index contributed by atoms with van der Waals surface area (Å²) in [5, 5.41) is 6.14. The topological polar surface area (TPSA) is 17.8 Å². The zero-order chi connectivity index (χ0) is 10.0. The molecule has 1 unspecified atom stereocenters. The maximum atomic E-state index is 6.03. The molecule has 0 N–H and O–H groups in total. The van der Waals surface area contributed by atoms with Crippen LogP contribution in [0.25, 0.3) is 0 Å². The third kappa shape index (κ3) is 2.47. The van der Waals surface area contributed by atoms with Crippen LogP contribution in [0.15, 0.2) is 0 Å². The second-order valence-corrected chi connectivity index (χ2v) is 4.45. The molecule has 1 aromatic rings. The molecular formula is C9H14BrClN2. The summed E-state index contributed by atoms with van der Waals surface area (Å²) in [6, 6.07) is 0. The van der Waals surface area contributed by atoms with Crippen molar-refractivity contribution in [3.05, 3.63) is 16.4 Å². The van der Waals surface area contributed by atoms with Crippen LogP contribution in [0, 0.1) is 19.8 Å². The lowest BCUT2D eigenvalue weighted by molar-refractivity contribution is 0.480. The number of rotatable bonds is 3. The fourth-order valence-corrected chi connectivity index (χ4v) is 1.54. The number of nitrogens with zero attached hydrogens (tertiary/aromatic N) is 2. The third-order valence-electron chi connectivity index (χ3n) is 2.04. The first-order chi connectivity index (χ1) is 6.06. The van der Waals surface area contributed by atoms with E-state index in [1.54, 1.807) is 0 Å². The summed E-state index contributed by atoms with van der Waals surface area (Å²) < 4.78 is 1.98. The van der Waals surface area contributed by atoms with E-state index in [9.17, 15) is 0 Å². The summed E-state index contributed by atoms with van der Waals surface area (Å²) in [5.41, 5.74) is 1.98. The fraction of sp³-hybridized carbons (Fsp3) is 0.667. The van der Waals surface area contributed by atoms with Gasteiger partial charge in [-0.25, -0.2) is 0 Å². The lowest BCUT2D eigenvalue weighted by atomic mass is 10.2. The molecule has 0 bridgehead atoms. The van der Waals surface area contributed by atoms with E-state index >= 15 is 0 Å². The van der Waals surface area contributed by atoms with Crippen molar-refractivity contribution >= 4 is 27.5 Å². The van der Waals surface area contributed by atoms with Gasteiger partial charge in [0.05, 0.1) is 16.4 Å². The highest BCUT2D eigenvalue weighted by Crippen LogP contribution is 2.19. The van der Waals surface area contributed by atoms with Gasteiger partial charge < -0.3 is 0 Å². The Bertz CT molecular complexity index is 296. The van der Waals surface area contributed by atoms with Crippen LogP contribution in [0.2, 0.25) is 5.02 Å². The summed E-state index contributed by atoms with van der Waals surface area (Å²) in [5.74, 6) is 0.578. The van der Waals surface area contributed by atoms with Crippen LogP contribution < -0.4 is 0 Å². The van der Waals surface area contributed by atoms with E-state index in [1.165, 1.54) is 0 Å². The predicted molar refractivity (Wildman–Crippen MR) is 59.7 cm³/mol. The Morgan fingerprint density at radius 3 is 2.54 bits per heavy atom. The Balaban J connectivity index is 2.83. The maximum absolute atomic E-state index is 6.03. The minimum atomic E-state index is 0.578. The first kappa shape index (κ1) is 11.1. The van der Waals surface area contributed by atoms with Gasteiger partial charge in [-0.05, 0) is 19.8 Å². The standard InChI is InChI=1S/C9H14BrClN2/c1-6(4-10)5-13-8(3)9(11)7(2)12-13/h6H,4-5H2,1-3H3. The van der Waals surface area contributed by atoms with Gasteiger partial charge in [-0.3, -0.25) is 4.68 Å². The van der Waals surface area contributed by atoms with Gasteiger partial charge in [0, 0.05) is 11.9 Å². The van der Waals surface area contributed by atoms with Gasteiger partial charge in [0.15, 0.2) is 0 Å². The zero-order valence-corrected chi connectivity index (χ0v) is 10.5. The average molecular weight is 266 g/mol. The third-order valence-corrected chi connectivity index (χ3v) is 3.69. The lowest BCUT2D eigenvalue weighted by Gasteiger charge is -2.08. The van der Waals surface area contributed by atoms with Crippen LogP contribution in [0.4, 0.5) is 0 Å². The number of hydrogen-bond donors (Lipinski definition) is 0. The Labute approximate surface area is 92.4 Å². The maximum Gasteiger partial charge on any atom is 0.0844 e. The molecule has 0 radical (unpaired) electrons. The molecule has 0 aromatic carbocycles. The van der Waals surface area contributed by atoms with E-state index in [4.69, 9.17) is 11.6 Å². The van der Waals surface area contributed by atoms with Crippen molar-refractivity contribution < 1.29 is 0 Å². The summed E-state index contributed by atoms with van der Waals surface area (Å²) in [6.45, 7) is 7.04. The molecule has 1 atom stereocenters. The first-order valence-corrected chi connectivity index (χ1v) is 5.81. The van der Waals surface area contributed by atoms with Gasteiger partial charge in [0.25, 0.3) is 0 Å². The van der Waals surface area contributed by atoms with Gasteiger partial charge in [-0.1, -0.05) is 34.5 Å². The second kappa shape index (κ2) is 4.47. The quantitative estimate of drug-likeness (QED) is 0.768. The van der Waals surface area contributed by atoms with Crippen molar-refractivity contribution in [3.63, 3.8) is 0 Å². The van der Waals surface area contributed by atoms with Gasteiger partial charge >= 0.3 is 0 Å². The highest BCUT2D eigenvalue weighted by molar-refractivity contribution is 9.09. The van der Waals surface area contributed by atoms with Crippen molar-refractivity contribution in [1.29, 1.82) is 0 Å². The molecule has 4 heteroatoms. The van der Waals surface area contributed by atoms with E-state index in [1.807, 2.05) is 18.5 Å². The van der Waals surface area contributed by atoms with Gasteiger partial charge in [-0.2, -0.15) is 5.10 Å². The molecule has 0 saturated heterocycles. The van der Waals surface area contributed by atoms with Crippen LogP contribution >= 0.6 is 27.5 Å². The van der Waals surface area contributed by atoms with Crippen LogP contribution in [0.5, 0.6) is 0 Å². The Morgan fingerprint density at radius 1 is 1.54 bits per heavy atom. The van der Waals surface area contributed by atoms with E-state index in [2.05, 4.69) is 28.0 Å². The van der Waals surface area contributed by atoms with Crippen molar-refractivity contribution in [3.8, 4) is 0 Å². The molecule has 0 fully saturated rings. The minimum Gasteiger partial charge on any atom is -0.268 e. The van der Waals surface area contributed by atoms with E-state index in [-0.39, 0.29) is 0 Å². The second-order valence-electron chi connectivity index (χ2n) is 3.43. The summed E-state index contributed by atoms with van der Waals surface area (Å²) in [4.78, 5) is 0. The SMILES string of the molecule is Cc1nn(CC(C)CBr)c(C)c1Cl. The van der Waals surface area contributed by atoms with Crippen molar-refractivity contribution in [2.75, 3.05) is 5.33 Å². The predicted octanol–water partition coefficient (Wildman–Crippen LogP) is 3.18. The van der Waals surface area contributed by atoms with Crippen LogP contribution in [0.1, 0.15) is 18.3 Å². The Kier molecular flexibility index (Phi) is 3.80. The molecule has 1 rings (SSSR count). The molecule has 13 heavy (non-hydrogen) atoms. The van der Waals surface area contributed by atoms with Crippen LogP contribution in [0.3, 0.4) is 0 Å². The molecule has 1 heterocycles. The molecule has 0 aliphatic rings. The normalized spacial score (nSPS) is 13.3. The number of aryl methyl sites for hydroxylation is 1. The monoisotopic (exact) mass is 264 g/mol. The average Bonchev–Trinajstić information content (AvgIpc) is 2.34. The molecule has 0 aliphatic heterocycles. The molecule has 0 amide bonds. The Morgan fingerprint density at radius 2 is 2.15 bits per heavy atom. The van der Waals surface area contributed by atoms with Crippen LogP contribution in [-0.4, -0.2) is 15.1 Å². The van der Waals surface area contributed by atoms with Gasteiger partial charge in [0.1, 0.15) is 0 Å².